The van der Waals surface area contributed by atoms with Crippen molar-refractivity contribution in [2.45, 2.75) is 49.9 Å². The zero-order valence-electron chi connectivity index (χ0n) is 15.2. The molecule has 1 amide bonds. The smallest absolute Gasteiger partial charge is 0.448 e. The Labute approximate surface area is 189 Å². The quantitative estimate of drug-likeness (QED) is 0.730. The van der Waals surface area contributed by atoms with Gasteiger partial charge in [-0.25, -0.2) is 4.79 Å². The van der Waals surface area contributed by atoms with Crippen LogP contribution in [0.1, 0.15) is 39.2 Å². The van der Waals surface area contributed by atoms with Crippen LogP contribution in [0.15, 0.2) is 30.3 Å². The molecule has 0 radical (unpaired) electrons. The first-order chi connectivity index (χ1) is 11.0. The fourth-order valence-corrected chi connectivity index (χ4v) is 4.20. The Bertz CT molecular complexity index is 640. The molecule has 0 unspecified atom stereocenters. The van der Waals surface area contributed by atoms with Crippen LogP contribution in [0.2, 0.25) is 5.31 Å². The van der Waals surface area contributed by atoms with E-state index in [1.807, 2.05) is 30.3 Å². The van der Waals surface area contributed by atoms with Gasteiger partial charge >= 0.3 is 64.5 Å². The molecule has 4 rings (SSSR count). The molecule has 0 aromatic heterocycles. The number of fused-ring (bicyclic) bond motifs is 2. The van der Waals surface area contributed by atoms with Gasteiger partial charge in [-0.15, -0.1) is 0 Å². The van der Waals surface area contributed by atoms with E-state index in [-0.39, 0.29) is 77.3 Å². The Balaban J connectivity index is 0.00000225. The van der Waals surface area contributed by atoms with Gasteiger partial charge in [-0.1, -0.05) is 43.2 Å². The van der Waals surface area contributed by atoms with E-state index in [1.165, 1.54) is 4.90 Å². The van der Waals surface area contributed by atoms with Crippen LogP contribution in [0.4, 0.5) is 17.7 Å². The first-order valence-corrected chi connectivity index (χ1v) is 8.19. The van der Waals surface area contributed by atoms with Gasteiger partial charge in [0, 0.05) is 18.5 Å². The molecule has 25 heavy (non-hydrogen) atoms. The molecule has 2 saturated heterocycles. The number of halogens is 3. The largest absolute Gasteiger partial charge is 1.00 e. The van der Waals surface area contributed by atoms with E-state index in [1.54, 1.807) is 20.8 Å². The summed E-state index contributed by atoms with van der Waals surface area (Å²) in [6.07, 6.45) is -0.536. The molecule has 2 heterocycles. The molecule has 0 atom stereocenters. The van der Waals surface area contributed by atoms with Crippen LogP contribution in [0.5, 0.6) is 0 Å². The Hall–Kier alpha value is -0.0187. The first kappa shape index (κ1) is 21.3. The van der Waals surface area contributed by atoms with Gasteiger partial charge in [-0.2, -0.15) is 0 Å². The van der Waals surface area contributed by atoms with Crippen molar-refractivity contribution >= 4 is 13.1 Å². The third-order valence-corrected chi connectivity index (χ3v) is 5.11. The minimum atomic E-state index is -5.03. The molecule has 1 saturated carbocycles. The first-order valence-electron chi connectivity index (χ1n) is 8.19. The third-order valence-electron chi connectivity index (χ3n) is 5.11. The summed E-state index contributed by atoms with van der Waals surface area (Å²) in [6.45, 7) is 0.0981. The summed E-state index contributed by atoms with van der Waals surface area (Å²) in [6, 6.07) is 9.20. The number of hydrogen-bond acceptors (Lipinski definition) is 2. The molecule has 2 bridgehead atoms. The summed E-state index contributed by atoms with van der Waals surface area (Å²) in [5.41, 5.74) is -0.475. The molecule has 3 nitrogen and oxygen atoms in total. The maximum atomic E-state index is 13.7. The van der Waals surface area contributed by atoms with E-state index in [9.17, 15) is 17.7 Å². The molecule has 132 valence electrons. The number of amides is 1. The second-order valence-corrected chi connectivity index (χ2v) is 8.27. The summed E-state index contributed by atoms with van der Waals surface area (Å²) >= 11 is 0. The minimum absolute atomic E-state index is 0. The second-order valence-electron chi connectivity index (χ2n) is 8.27. The molecule has 1 aromatic rings. The van der Waals surface area contributed by atoms with Crippen molar-refractivity contribution in [3.05, 3.63) is 35.9 Å². The van der Waals surface area contributed by atoms with Crippen LogP contribution in [-0.4, -0.2) is 36.7 Å². The number of carbonyl (C=O) groups excluding carboxylic acids is 1. The van der Waals surface area contributed by atoms with Crippen molar-refractivity contribution in [3.63, 3.8) is 0 Å². The van der Waals surface area contributed by atoms with Gasteiger partial charge < -0.3 is 22.6 Å². The fraction of sp³-hybridized carbons (Fsp3) is 0.588. The number of carbonyl (C=O) groups is 1. The maximum Gasteiger partial charge on any atom is 1.00 e. The summed E-state index contributed by atoms with van der Waals surface area (Å²) in [4.78, 5) is 13.6. The van der Waals surface area contributed by atoms with Crippen molar-refractivity contribution < 1.29 is 73.9 Å². The van der Waals surface area contributed by atoms with Crippen LogP contribution < -0.4 is 51.4 Å². The standard InChI is InChI=1S/C17H22BF3NO2.K/c1-15(2,3)24-14(23)22-11-16(13-7-5-4-6-8-13)9-17(10-16,12-22)18(19,20)21;/h4-8H,9-12H2,1-3H3;/q-1;+1. The van der Waals surface area contributed by atoms with Crippen molar-refractivity contribution in [3.8, 4) is 0 Å². The van der Waals surface area contributed by atoms with Gasteiger partial charge in [0.1, 0.15) is 5.60 Å². The number of rotatable bonds is 2. The maximum absolute atomic E-state index is 13.7. The van der Waals surface area contributed by atoms with Gasteiger partial charge in [-0.05, 0) is 31.6 Å². The Kier molecular flexibility index (Phi) is 5.84. The zero-order valence-corrected chi connectivity index (χ0v) is 18.3. The second kappa shape index (κ2) is 6.86. The Morgan fingerprint density at radius 3 is 2.16 bits per heavy atom. The zero-order chi connectivity index (χ0) is 17.8. The summed E-state index contributed by atoms with van der Waals surface area (Å²) in [7, 11) is 0. The number of piperidine rings is 2. The molecule has 3 fully saturated rings. The predicted octanol–water partition coefficient (Wildman–Crippen LogP) is 1.56. The number of hydrogen-bond donors (Lipinski definition) is 0. The van der Waals surface area contributed by atoms with Crippen molar-refractivity contribution in [1.29, 1.82) is 0 Å². The van der Waals surface area contributed by atoms with Gasteiger partial charge in [0.05, 0.1) is 0 Å². The summed E-state index contributed by atoms with van der Waals surface area (Å²) in [5, 5.41) is -1.76. The molecule has 0 N–H and O–H groups in total. The van der Waals surface area contributed by atoms with Crippen LogP contribution in [-0.2, 0) is 10.2 Å². The van der Waals surface area contributed by atoms with Gasteiger partial charge in [0.15, 0.2) is 0 Å². The Morgan fingerprint density at radius 2 is 1.68 bits per heavy atom. The number of benzene rings is 1. The van der Waals surface area contributed by atoms with Gasteiger partial charge in [-0.3, -0.25) is 0 Å². The van der Waals surface area contributed by atoms with Crippen LogP contribution in [0, 0.1) is 0 Å². The van der Waals surface area contributed by atoms with E-state index >= 15 is 0 Å². The van der Waals surface area contributed by atoms with Crippen LogP contribution in [0.25, 0.3) is 0 Å². The number of ether oxygens (including phenoxy) is 1. The molecule has 1 aromatic carbocycles. The van der Waals surface area contributed by atoms with E-state index in [0.717, 1.165) is 5.56 Å². The SMILES string of the molecule is CC(C)(C)OC(=O)N1CC2(c3ccccc3)CC([B-](F)(F)F)(C1)C2.[K+]. The Morgan fingerprint density at radius 1 is 1.12 bits per heavy atom. The van der Waals surface area contributed by atoms with Crippen molar-refractivity contribution in [2.24, 2.45) is 0 Å². The van der Waals surface area contributed by atoms with Gasteiger partial charge in [0.2, 0.25) is 0 Å². The minimum Gasteiger partial charge on any atom is -0.448 e. The average Bonchev–Trinajstić information content (AvgIpc) is 2.44. The monoisotopic (exact) mass is 379 g/mol. The van der Waals surface area contributed by atoms with E-state index in [2.05, 4.69) is 0 Å². The summed E-state index contributed by atoms with van der Waals surface area (Å²) < 4.78 is 46.4. The molecular weight excluding hydrogens is 357 g/mol. The van der Waals surface area contributed by atoms with E-state index in [4.69, 9.17) is 4.74 Å². The molecular formula is C17H22BF3KNO2. The normalized spacial score (nSPS) is 28.6. The third kappa shape index (κ3) is 3.98. The molecule has 0 spiro atoms. The van der Waals surface area contributed by atoms with E-state index < -0.39 is 29.4 Å². The molecule has 2 aliphatic heterocycles. The van der Waals surface area contributed by atoms with E-state index in [0.29, 0.717) is 0 Å². The van der Waals surface area contributed by atoms with Crippen molar-refractivity contribution in [1.82, 2.24) is 4.90 Å². The average molecular weight is 379 g/mol. The topological polar surface area (TPSA) is 29.5 Å². The molecule has 1 aliphatic carbocycles. The number of nitrogens with zero attached hydrogens (tertiary/aromatic N) is 1. The fourth-order valence-electron chi connectivity index (χ4n) is 4.20. The van der Waals surface area contributed by atoms with Gasteiger partial charge in [0.25, 0.3) is 0 Å². The predicted molar refractivity (Wildman–Crippen MR) is 86.9 cm³/mol. The molecule has 3 aliphatic rings. The summed E-state index contributed by atoms with van der Waals surface area (Å²) in [5.74, 6) is 0. The molecule has 8 heteroatoms. The van der Waals surface area contributed by atoms with Crippen LogP contribution >= 0.6 is 0 Å². The van der Waals surface area contributed by atoms with Crippen molar-refractivity contribution in [2.75, 3.05) is 13.1 Å². The van der Waals surface area contributed by atoms with Crippen LogP contribution in [0.3, 0.4) is 0 Å².